The molecule has 0 unspecified atom stereocenters. The minimum atomic E-state index is 0.116. The van der Waals surface area contributed by atoms with Crippen molar-refractivity contribution in [2.45, 2.75) is 45.1 Å². The third kappa shape index (κ3) is 3.18. The summed E-state index contributed by atoms with van der Waals surface area (Å²) in [6.07, 6.45) is 6.67. The summed E-state index contributed by atoms with van der Waals surface area (Å²) in [6, 6.07) is 7.88. The number of anilines is 1. The Hall–Kier alpha value is -1.88. The van der Waals surface area contributed by atoms with Crippen molar-refractivity contribution in [2.75, 3.05) is 12.4 Å². The van der Waals surface area contributed by atoms with Crippen molar-refractivity contribution >= 4 is 33.9 Å². The van der Waals surface area contributed by atoms with E-state index >= 15 is 0 Å². The largest absolute Gasteiger partial charge is 0.494 e. The molecule has 1 aromatic heterocycles. The fourth-order valence-corrected chi connectivity index (χ4v) is 3.97. The fraction of sp³-hybridized carbons (Fsp3) is 0.474. The zero-order chi connectivity index (χ0) is 17.2. The predicted molar refractivity (Wildman–Crippen MR) is 104 cm³/mol. The van der Waals surface area contributed by atoms with Gasteiger partial charge >= 0.3 is 0 Å². The fourth-order valence-electron chi connectivity index (χ4n) is 3.65. The summed E-state index contributed by atoms with van der Waals surface area (Å²) in [7, 11) is 1.66. The molecule has 2 aromatic rings. The van der Waals surface area contributed by atoms with E-state index < -0.39 is 0 Å². The second-order valence-corrected chi connectivity index (χ2v) is 7.22. The van der Waals surface area contributed by atoms with Crippen LogP contribution in [0.2, 0.25) is 0 Å². The molecule has 24 heavy (non-hydrogen) atoms. The zero-order valence-electron chi connectivity index (χ0n) is 14.6. The van der Waals surface area contributed by atoms with Crippen LogP contribution in [0, 0.1) is 5.92 Å². The Morgan fingerprint density at radius 1 is 1.25 bits per heavy atom. The molecule has 1 heterocycles. The Kier molecular flexibility index (Phi) is 4.90. The van der Waals surface area contributed by atoms with Crippen LogP contribution in [0.3, 0.4) is 0 Å². The summed E-state index contributed by atoms with van der Waals surface area (Å²) in [5, 5.41) is 8.66. The normalized spacial score (nSPS) is 16.3. The van der Waals surface area contributed by atoms with E-state index in [-0.39, 0.29) is 5.54 Å². The lowest BCUT2D eigenvalue weighted by Gasteiger charge is -2.36. The lowest BCUT2D eigenvalue weighted by Crippen LogP contribution is -2.51. The van der Waals surface area contributed by atoms with E-state index in [4.69, 9.17) is 17.0 Å². The number of nitrogens with one attached hydrogen (secondary N) is 2. The van der Waals surface area contributed by atoms with Crippen LogP contribution in [0.25, 0.3) is 10.9 Å². The molecule has 0 atom stereocenters. The van der Waals surface area contributed by atoms with E-state index in [2.05, 4.69) is 29.5 Å². The molecular formula is C19H25N3OS. The standard InChI is InChI=1S/C19H25N3OS/c1-13(2)19(10-4-5-11-19)22-18(24)21-15-8-9-16(23-3)17-14(15)7-6-12-20-17/h6-9,12-13H,4-5,10-11H2,1-3H3,(H2,21,22,24). The highest BCUT2D eigenvalue weighted by atomic mass is 32.1. The highest BCUT2D eigenvalue weighted by molar-refractivity contribution is 7.80. The van der Waals surface area contributed by atoms with Crippen LogP contribution in [0.1, 0.15) is 39.5 Å². The zero-order valence-corrected chi connectivity index (χ0v) is 15.4. The molecular weight excluding hydrogens is 318 g/mol. The monoisotopic (exact) mass is 343 g/mol. The average molecular weight is 343 g/mol. The number of pyridine rings is 1. The Morgan fingerprint density at radius 3 is 2.67 bits per heavy atom. The van der Waals surface area contributed by atoms with Gasteiger partial charge in [0.1, 0.15) is 11.3 Å². The van der Waals surface area contributed by atoms with Crippen molar-refractivity contribution in [1.29, 1.82) is 0 Å². The Balaban J connectivity index is 1.83. The molecule has 0 radical (unpaired) electrons. The topological polar surface area (TPSA) is 46.2 Å². The number of hydrogen-bond donors (Lipinski definition) is 2. The van der Waals surface area contributed by atoms with E-state index in [0.717, 1.165) is 22.3 Å². The summed E-state index contributed by atoms with van der Waals surface area (Å²) >= 11 is 5.61. The number of hydrogen-bond acceptors (Lipinski definition) is 3. The number of methoxy groups -OCH3 is 1. The van der Waals surface area contributed by atoms with Gasteiger partial charge in [0.05, 0.1) is 7.11 Å². The molecule has 0 spiro atoms. The maximum Gasteiger partial charge on any atom is 0.171 e. The SMILES string of the molecule is COc1ccc(NC(=S)NC2(C(C)C)CCCC2)c2cccnc12. The molecule has 128 valence electrons. The molecule has 1 aliphatic rings. The lowest BCUT2D eigenvalue weighted by molar-refractivity contribution is 0.283. The molecule has 1 fully saturated rings. The molecule has 1 aromatic carbocycles. The van der Waals surface area contributed by atoms with Crippen molar-refractivity contribution in [2.24, 2.45) is 5.92 Å². The molecule has 0 bridgehead atoms. The smallest absolute Gasteiger partial charge is 0.171 e. The van der Waals surface area contributed by atoms with Gasteiger partial charge in [-0.3, -0.25) is 4.98 Å². The van der Waals surface area contributed by atoms with Gasteiger partial charge in [0.25, 0.3) is 0 Å². The number of fused-ring (bicyclic) bond motifs is 1. The molecule has 5 heteroatoms. The van der Waals surface area contributed by atoms with Crippen LogP contribution in [-0.4, -0.2) is 22.7 Å². The third-order valence-corrected chi connectivity index (χ3v) is 5.37. The van der Waals surface area contributed by atoms with Crippen molar-refractivity contribution in [3.05, 3.63) is 30.5 Å². The molecule has 1 aliphatic carbocycles. The van der Waals surface area contributed by atoms with Gasteiger partial charge in [0, 0.05) is 22.8 Å². The number of aromatic nitrogens is 1. The summed E-state index contributed by atoms with van der Waals surface area (Å²) in [5.41, 5.74) is 1.91. The summed E-state index contributed by atoms with van der Waals surface area (Å²) in [5.74, 6) is 1.32. The highest BCUT2D eigenvalue weighted by Crippen LogP contribution is 2.36. The summed E-state index contributed by atoms with van der Waals surface area (Å²) in [6.45, 7) is 4.54. The predicted octanol–water partition coefficient (Wildman–Crippen LogP) is 4.50. The van der Waals surface area contributed by atoms with Crippen molar-refractivity contribution in [3.63, 3.8) is 0 Å². The number of nitrogens with zero attached hydrogens (tertiary/aromatic N) is 1. The van der Waals surface area contributed by atoms with E-state index in [1.54, 1.807) is 13.3 Å². The molecule has 0 amide bonds. The molecule has 0 aliphatic heterocycles. The molecule has 3 rings (SSSR count). The van der Waals surface area contributed by atoms with Crippen molar-refractivity contribution in [3.8, 4) is 5.75 Å². The number of ether oxygens (including phenoxy) is 1. The van der Waals surface area contributed by atoms with Gasteiger partial charge in [0.15, 0.2) is 5.11 Å². The van der Waals surface area contributed by atoms with Gasteiger partial charge in [-0.05, 0) is 55.2 Å². The Labute approximate surface area is 149 Å². The Morgan fingerprint density at radius 2 is 2.00 bits per heavy atom. The van der Waals surface area contributed by atoms with E-state index in [0.29, 0.717) is 11.0 Å². The van der Waals surface area contributed by atoms with Gasteiger partial charge in [-0.25, -0.2) is 0 Å². The first-order valence-electron chi connectivity index (χ1n) is 8.56. The number of thiocarbonyl (C=S) groups is 1. The number of rotatable bonds is 4. The molecule has 2 N–H and O–H groups in total. The summed E-state index contributed by atoms with van der Waals surface area (Å²) in [4.78, 5) is 4.44. The third-order valence-electron chi connectivity index (χ3n) is 5.16. The van der Waals surface area contributed by atoms with Crippen molar-refractivity contribution < 1.29 is 4.74 Å². The van der Waals surface area contributed by atoms with Crippen molar-refractivity contribution in [1.82, 2.24) is 10.3 Å². The average Bonchev–Trinajstić information content (AvgIpc) is 3.05. The minimum Gasteiger partial charge on any atom is -0.494 e. The number of benzene rings is 1. The van der Waals surface area contributed by atoms with Crippen LogP contribution < -0.4 is 15.4 Å². The van der Waals surface area contributed by atoms with Gasteiger partial charge in [0.2, 0.25) is 0 Å². The first-order chi connectivity index (χ1) is 11.6. The quantitative estimate of drug-likeness (QED) is 0.801. The van der Waals surface area contributed by atoms with E-state index in [1.165, 1.54) is 25.7 Å². The lowest BCUT2D eigenvalue weighted by atomic mass is 9.85. The van der Waals surface area contributed by atoms with Gasteiger partial charge in [-0.1, -0.05) is 26.7 Å². The Bertz CT molecular complexity index is 738. The maximum atomic E-state index is 5.61. The minimum absolute atomic E-state index is 0.116. The maximum absolute atomic E-state index is 5.61. The second kappa shape index (κ2) is 6.93. The van der Waals surface area contributed by atoms with Crippen LogP contribution in [-0.2, 0) is 0 Å². The van der Waals surface area contributed by atoms with E-state index in [1.807, 2.05) is 24.3 Å². The van der Waals surface area contributed by atoms with Crippen LogP contribution in [0.5, 0.6) is 5.75 Å². The second-order valence-electron chi connectivity index (χ2n) is 6.81. The van der Waals surface area contributed by atoms with Gasteiger partial charge in [-0.2, -0.15) is 0 Å². The van der Waals surface area contributed by atoms with Gasteiger partial charge < -0.3 is 15.4 Å². The van der Waals surface area contributed by atoms with Gasteiger partial charge in [-0.15, -0.1) is 0 Å². The van der Waals surface area contributed by atoms with Crippen LogP contribution in [0.4, 0.5) is 5.69 Å². The van der Waals surface area contributed by atoms with Crippen LogP contribution in [0.15, 0.2) is 30.5 Å². The summed E-state index contributed by atoms with van der Waals surface area (Å²) < 4.78 is 5.40. The first-order valence-corrected chi connectivity index (χ1v) is 8.97. The van der Waals surface area contributed by atoms with E-state index in [9.17, 15) is 0 Å². The molecule has 1 saturated carbocycles. The highest BCUT2D eigenvalue weighted by Gasteiger charge is 2.37. The van der Waals surface area contributed by atoms with Crippen LogP contribution >= 0.6 is 12.2 Å². The molecule has 0 saturated heterocycles. The first kappa shape index (κ1) is 17.0. The molecule has 4 nitrogen and oxygen atoms in total.